The maximum Gasteiger partial charge on any atom is 0.423 e. The van der Waals surface area contributed by atoms with E-state index in [4.69, 9.17) is 14.2 Å². The number of rotatable bonds is 9. The molecule has 2 aromatic rings. The first-order valence-corrected chi connectivity index (χ1v) is 10.9. The Morgan fingerprint density at radius 3 is 2.29 bits per heavy atom. The number of hydrogen-bond donors (Lipinski definition) is 1. The molecule has 0 saturated carbocycles. The minimum absolute atomic E-state index is 0.0306. The van der Waals surface area contributed by atoms with Crippen molar-refractivity contribution in [2.45, 2.75) is 18.2 Å². The van der Waals surface area contributed by atoms with Crippen LogP contribution < -0.4 is 14.8 Å². The minimum atomic E-state index is -4.00. The van der Waals surface area contributed by atoms with Crippen molar-refractivity contribution >= 4 is 22.0 Å². The van der Waals surface area contributed by atoms with E-state index < -0.39 is 16.1 Å². The third-order valence-corrected chi connectivity index (χ3v) is 6.20. The molecule has 0 fully saturated rings. The molecule has 31 heavy (non-hydrogen) atoms. The Bertz CT molecular complexity index is 1020. The summed E-state index contributed by atoms with van der Waals surface area (Å²) in [6.07, 6.45) is -0.464. The van der Waals surface area contributed by atoms with Gasteiger partial charge in [-0.25, -0.2) is 17.5 Å². The van der Waals surface area contributed by atoms with E-state index in [1.54, 1.807) is 37.3 Å². The van der Waals surface area contributed by atoms with E-state index in [1.807, 2.05) is 0 Å². The largest absolute Gasteiger partial charge is 0.497 e. The highest BCUT2D eigenvalue weighted by atomic mass is 32.2. The van der Waals surface area contributed by atoms with Gasteiger partial charge in [-0.3, -0.25) is 4.79 Å². The second-order valence-electron chi connectivity index (χ2n) is 6.39. The van der Waals surface area contributed by atoms with Crippen LogP contribution in [-0.2, 0) is 21.2 Å². The zero-order valence-corrected chi connectivity index (χ0v) is 18.7. The van der Waals surface area contributed by atoms with Crippen molar-refractivity contribution < 1.29 is 32.2 Å². The molecular weight excluding hydrogens is 424 g/mol. The Morgan fingerprint density at radius 1 is 1.03 bits per heavy atom. The number of carbonyl (C=O) groups excluding carboxylic acids is 2. The van der Waals surface area contributed by atoms with Crippen molar-refractivity contribution in [1.82, 2.24) is 9.62 Å². The molecule has 0 spiro atoms. The SMILES string of the molecule is CCOC(=O)N(C)S(=O)(=O)c1ccc(CCNC(=O)c2cc(OC)ccc2OC)cc1. The Labute approximate surface area is 182 Å². The molecule has 0 aliphatic rings. The number of methoxy groups -OCH3 is 2. The summed E-state index contributed by atoms with van der Waals surface area (Å²) in [6.45, 7) is 2.00. The molecule has 10 heteroatoms. The predicted molar refractivity (Wildman–Crippen MR) is 114 cm³/mol. The summed E-state index contributed by atoms with van der Waals surface area (Å²) in [5, 5.41) is 2.80. The fourth-order valence-electron chi connectivity index (χ4n) is 2.71. The van der Waals surface area contributed by atoms with Gasteiger partial charge in [0.25, 0.3) is 15.9 Å². The van der Waals surface area contributed by atoms with Crippen molar-refractivity contribution in [1.29, 1.82) is 0 Å². The molecule has 0 radical (unpaired) electrons. The lowest BCUT2D eigenvalue weighted by molar-refractivity contribution is 0.0950. The van der Waals surface area contributed by atoms with Gasteiger partial charge < -0.3 is 19.5 Å². The van der Waals surface area contributed by atoms with Crippen molar-refractivity contribution in [3.63, 3.8) is 0 Å². The van der Waals surface area contributed by atoms with Crippen LogP contribution in [0, 0.1) is 0 Å². The van der Waals surface area contributed by atoms with Crippen molar-refractivity contribution in [2.24, 2.45) is 0 Å². The number of benzene rings is 2. The third-order valence-electron chi connectivity index (χ3n) is 4.46. The lowest BCUT2D eigenvalue weighted by atomic mass is 10.1. The average molecular weight is 451 g/mol. The molecular formula is C21H26N2O7S. The van der Waals surface area contributed by atoms with E-state index in [0.717, 1.165) is 12.6 Å². The van der Waals surface area contributed by atoms with E-state index in [-0.39, 0.29) is 17.4 Å². The van der Waals surface area contributed by atoms with E-state index in [9.17, 15) is 18.0 Å². The van der Waals surface area contributed by atoms with Crippen LogP contribution in [0.4, 0.5) is 4.79 Å². The van der Waals surface area contributed by atoms with Gasteiger partial charge in [0.05, 0.1) is 31.3 Å². The summed E-state index contributed by atoms with van der Waals surface area (Å²) >= 11 is 0. The summed E-state index contributed by atoms with van der Waals surface area (Å²) in [5.41, 5.74) is 1.17. The normalized spacial score (nSPS) is 10.8. The summed E-state index contributed by atoms with van der Waals surface area (Å²) < 4.78 is 40.6. The number of carbonyl (C=O) groups is 2. The summed E-state index contributed by atoms with van der Waals surface area (Å²) in [6, 6.07) is 11.0. The molecule has 0 saturated heterocycles. The monoisotopic (exact) mass is 450 g/mol. The summed E-state index contributed by atoms with van der Waals surface area (Å²) in [4.78, 5) is 24.2. The highest BCUT2D eigenvalue weighted by Gasteiger charge is 2.26. The number of sulfonamides is 1. The molecule has 2 rings (SSSR count). The van der Waals surface area contributed by atoms with Crippen LogP contribution in [0.15, 0.2) is 47.4 Å². The van der Waals surface area contributed by atoms with Crippen molar-refractivity contribution in [3.8, 4) is 11.5 Å². The molecule has 2 amide bonds. The Morgan fingerprint density at radius 2 is 1.71 bits per heavy atom. The minimum Gasteiger partial charge on any atom is -0.497 e. The number of nitrogens with zero attached hydrogens (tertiary/aromatic N) is 1. The van der Waals surface area contributed by atoms with Gasteiger partial charge in [-0.05, 0) is 49.2 Å². The van der Waals surface area contributed by atoms with Gasteiger partial charge in [0.1, 0.15) is 11.5 Å². The lowest BCUT2D eigenvalue weighted by Gasteiger charge is -2.17. The first kappa shape index (κ1) is 24.0. The topological polar surface area (TPSA) is 111 Å². The fourth-order valence-corrected chi connectivity index (χ4v) is 3.75. The van der Waals surface area contributed by atoms with Crippen LogP contribution in [0.25, 0.3) is 0 Å². The Balaban J connectivity index is 2.00. The van der Waals surface area contributed by atoms with Gasteiger partial charge in [0.2, 0.25) is 0 Å². The van der Waals surface area contributed by atoms with Crippen LogP contribution in [0.5, 0.6) is 11.5 Å². The Hall–Kier alpha value is -3.27. The zero-order valence-electron chi connectivity index (χ0n) is 17.9. The maximum absolute atomic E-state index is 12.5. The van der Waals surface area contributed by atoms with E-state index in [0.29, 0.717) is 34.3 Å². The number of amides is 2. The number of nitrogens with one attached hydrogen (secondary N) is 1. The van der Waals surface area contributed by atoms with E-state index in [2.05, 4.69) is 5.32 Å². The van der Waals surface area contributed by atoms with Gasteiger partial charge in [-0.15, -0.1) is 0 Å². The average Bonchev–Trinajstić information content (AvgIpc) is 2.78. The smallest absolute Gasteiger partial charge is 0.423 e. The molecule has 0 heterocycles. The van der Waals surface area contributed by atoms with Gasteiger partial charge >= 0.3 is 6.09 Å². The molecule has 0 aliphatic carbocycles. The van der Waals surface area contributed by atoms with Gasteiger partial charge in [-0.1, -0.05) is 12.1 Å². The molecule has 1 N–H and O–H groups in total. The zero-order chi connectivity index (χ0) is 23.0. The Kier molecular flexibility index (Phi) is 8.26. The highest BCUT2D eigenvalue weighted by molar-refractivity contribution is 7.89. The maximum atomic E-state index is 12.5. The van der Waals surface area contributed by atoms with Gasteiger partial charge in [-0.2, -0.15) is 0 Å². The second kappa shape index (κ2) is 10.7. The molecule has 0 aliphatic heterocycles. The molecule has 0 aromatic heterocycles. The summed E-state index contributed by atoms with van der Waals surface area (Å²) in [7, 11) is 0.136. The second-order valence-corrected chi connectivity index (χ2v) is 8.36. The van der Waals surface area contributed by atoms with E-state index >= 15 is 0 Å². The number of hydrogen-bond acceptors (Lipinski definition) is 7. The quantitative estimate of drug-likeness (QED) is 0.625. The van der Waals surface area contributed by atoms with Crippen molar-refractivity contribution in [2.75, 3.05) is 34.4 Å². The van der Waals surface area contributed by atoms with Crippen LogP contribution in [0.2, 0.25) is 0 Å². The molecule has 2 aromatic carbocycles. The molecule has 0 atom stereocenters. The molecule has 9 nitrogen and oxygen atoms in total. The number of ether oxygens (including phenoxy) is 3. The van der Waals surface area contributed by atoms with E-state index in [1.165, 1.54) is 26.4 Å². The van der Waals surface area contributed by atoms with Crippen LogP contribution in [0.3, 0.4) is 0 Å². The fraction of sp³-hybridized carbons (Fsp3) is 0.333. The predicted octanol–water partition coefficient (Wildman–Crippen LogP) is 2.45. The molecule has 0 unspecified atom stereocenters. The lowest BCUT2D eigenvalue weighted by Crippen LogP contribution is -2.33. The molecule has 0 bridgehead atoms. The first-order chi connectivity index (χ1) is 14.7. The van der Waals surface area contributed by atoms with Crippen LogP contribution in [-0.4, -0.2) is 59.1 Å². The van der Waals surface area contributed by atoms with Crippen LogP contribution >= 0.6 is 0 Å². The summed E-state index contributed by atoms with van der Waals surface area (Å²) in [5.74, 6) is 0.653. The highest BCUT2D eigenvalue weighted by Crippen LogP contribution is 2.23. The third kappa shape index (κ3) is 5.88. The first-order valence-electron chi connectivity index (χ1n) is 9.49. The molecule has 168 valence electrons. The van der Waals surface area contributed by atoms with Gasteiger partial charge in [0, 0.05) is 13.6 Å². The van der Waals surface area contributed by atoms with Crippen LogP contribution in [0.1, 0.15) is 22.8 Å². The van der Waals surface area contributed by atoms with Crippen molar-refractivity contribution in [3.05, 3.63) is 53.6 Å². The van der Waals surface area contributed by atoms with Gasteiger partial charge in [0.15, 0.2) is 0 Å². The standard InChI is InChI=1S/C21H26N2O7S/c1-5-30-21(25)23(2)31(26,27)17-9-6-15(7-10-17)12-13-22-20(24)18-14-16(28-3)8-11-19(18)29-4/h6-11,14H,5,12-13H2,1-4H3,(H,22,24).